The molecule has 7 heteroatoms. The van der Waals surface area contributed by atoms with Gasteiger partial charge < -0.3 is 9.84 Å². The summed E-state index contributed by atoms with van der Waals surface area (Å²) in [6.07, 6.45) is 0. The van der Waals surface area contributed by atoms with Crippen LogP contribution in [-0.4, -0.2) is 16.0 Å². The first-order valence-corrected chi connectivity index (χ1v) is 7.13. The average molecular weight is 323 g/mol. The van der Waals surface area contributed by atoms with Crippen LogP contribution < -0.4 is 5.32 Å². The van der Waals surface area contributed by atoms with E-state index in [2.05, 4.69) is 15.5 Å². The van der Waals surface area contributed by atoms with Crippen LogP contribution in [0.25, 0.3) is 0 Å². The van der Waals surface area contributed by atoms with Gasteiger partial charge in [-0.2, -0.15) is 4.98 Å². The van der Waals surface area contributed by atoms with Gasteiger partial charge in [0.15, 0.2) is 17.5 Å². The molecule has 2 rings (SSSR count). The van der Waals surface area contributed by atoms with Gasteiger partial charge in [-0.3, -0.25) is 4.79 Å². The van der Waals surface area contributed by atoms with Crippen LogP contribution in [0, 0.1) is 11.6 Å². The maximum atomic E-state index is 13.2. The van der Waals surface area contributed by atoms with Crippen molar-refractivity contribution in [2.45, 2.75) is 45.6 Å². The molecule has 1 aromatic carbocycles. The van der Waals surface area contributed by atoms with Crippen molar-refractivity contribution < 1.29 is 18.1 Å². The Balaban J connectivity index is 2.21. The molecule has 1 N–H and O–H groups in total. The fraction of sp³-hybridized carbons (Fsp3) is 0.438. The molecule has 23 heavy (non-hydrogen) atoms. The lowest BCUT2D eigenvalue weighted by molar-refractivity contribution is 0.0907. The van der Waals surface area contributed by atoms with Gasteiger partial charge in [0.05, 0.1) is 5.54 Å². The minimum atomic E-state index is -1.08. The molecule has 5 nitrogen and oxygen atoms in total. The van der Waals surface area contributed by atoms with Crippen LogP contribution in [0.15, 0.2) is 22.7 Å². The van der Waals surface area contributed by atoms with Gasteiger partial charge in [-0.25, -0.2) is 8.78 Å². The monoisotopic (exact) mass is 323 g/mol. The fourth-order valence-electron chi connectivity index (χ4n) is 1.83. The topological polar surface area (TPSA) is 68.0 Å². The first-order valence-electron chi connectivity index (χ1n) is 7.13. The van der Waals surface area contributed by atoms with Crippen molar-refractivity contribution in [1.29, 1.82) is 0 Å². The van der Waals surface area contributed by atoms with Gasteiger partial charge in [-0.15, -0.1) is 0 Å². The number of amides is 1. The summed E-state index contributed by atoms with van der Waals surface area (Å²) in [4.78, 5) is 16.5. The molecular formula is C16H19F2N3O2. The Kier molecular flexibility index (Phi) is 4.24. The summed E-state index contributed by atoms with van der Waals surface area (Å²) in [7, 11) is 0. The molecule has 124 valence electrons. The number of nitrogens with zero attached hydrogens (tertiary/aromatic N) is 2. The first-order chi connectivity index (χ1) is 10.5. The van der Waals surface area contributed by atoms with Crippen molar-refractivity contribution in [2.24, 2.45) is 0 Å². The summed E-state index contributed by atoms with van der Waals surface area (Å²) in [5.74, 6) is -1.89. The summed E-state index contributed by atoms with van der Waals surface area (Å²) in [5, 5.41) is 6.59. The second kappa shape index (κ2) is 5.72. The summed E-state index contributed by atoms with van der Waals surface area (Å²) >= 11 is 0. The largest absolute Gasteiger partial charge is 0.340 e. The number of carbonyl (C=O) groups excluding carboxylic acids is 1. The number of nitrogens with one attached hydrogen (secondary N) is 1. The molecule has 0 bridgehead atoms. The third kappa shape index (κ3) is 3.72. The van der Waals surface area contributed by atoms with Crippen LogP contribution >= 0.6 is 0 Å². The Morgan fingerprint density at radius 1 is 1.13 bits per heavy atom. The lowest BCUT2D eigenvalue weighted by Crippen LogP contribution is -2.42. The fourth-order valence-corrected chi connectivity index (χ4v) is 1.83. The zero-order valence-electron chi connectivity index (χ0n) is 13.7. The molecule has 0 radical (unpaired) electrons. The molecule has 0 atom stereocenters. The number of rotatable bonds is 3. The smallest absolute Gasteiger partial charge is 0.252 e. The molecule has 0 saturated carbocycles. The van der Waals surface area contributed by atoms with E-state index in [1.807, 2.05) is 20.8 Å². The molecule has 1 amide bonds. The lowest BCUT2D eigenvalue weighted by Gasteiger charge is -2.22. The normalized spacial score (nSPS) is 12.3. The Bertz CT molecular complexity index is 733. The molecule has 2 aromatic rings. The predicted octanol–water partition coefficient (Wildman–Crippen LogP) is 3.31. The Morgan fingerprint density at radius 3 is 2.30 bits per heavy atom. The third-order valence-corrected chi connectivity index (χ3v) is 3.23. The third-order valence-electron chi connectivity index (χ3n) is 3.23. The van der Waals surface area contributed by atoms with Crippen LogP contribution in [-0.2, 0) is 11.0 Å². The van der Waals surface area contributed by atoms with E-state index in [0.29, 0.717) is 11.7 Å². The van der Waals surface area contributed by atoms with E-state index in [9.17, 15) is 13.6 Å². The maximum Gasteiger partial charge on any atom is 0.252 e. The molecule has 0 spiro atoms. The van der Waals surface area contributed by atoms with Gasteiger partial charge in [-0.1, -0.05) is 25.9 Å². The van der Waals surface area contributed by atoms with Crippen LogP contribution in [0.2, 0.25) is 0 Å². The summed E-state index contributed by atoms with van der Waals surface area (Å²) in [6, 6.07) is 2.96. The van der Waals surface area contributed by atoms with Crippen molar-refractivity contribution in [1.82, 2.24) is 15.5 Å². The van der Waals surface area contributed by atoms with Gasteiger partial charge in [0.2, 0.25) is 5.89 Å². The summed E-state index contributed by atoms with van der Waals surface area (Å²) < 4.78 is 31.4. The summed E-state index contributed by atoms with van der Waals surface area (Å²) in [5.41, 5.74) is -1.24. The van der Waals surface area contributed by atoms with Crippen molar-refractivity contribution in [3.05, 3.63) is 47.1 Å². The molecule has 1 heterocycles. The van der Waals surface area contributed by atoms with Crippen LogP contribution in [0.3, 0.4) is 0 Å². The van der Waals surface area contributed by atoms with Crippen LogP contribution in [0.1, 0.15) is 56.7 Å². The van der Waals surface area contributed by atoms with Crippen LogP contribution in [0.4, 0.5) is 8.78 Å². The summed E-state index contributed by atoms with van der Waals surface area (Å²) in [6.45, 7) is 9.18. The van der Waals surface area contributed by atoms with Gasteiger partial charge >= 0.3 is 0 Å². The highest BCUT2D eigenvalue weighted by atomic mass is 19.2. The van der Waals surface area contributed by atoms with E-state index in [4.69, 9.17) is 4.52 Å². The number of hydrogen-bond donors (Lipinski definition) is 1. The van der Waals surface area contributed by atoms with E-state index < -0.39 is 23.1 Å². The Hall–Kier alpha value is -2.31. The average Bonchev–Trinajstić information content (AvgIpc) is 2.91. The molecule has 0 aliphatic heterocycles. The molecule has 0 fully saturated rings. The van der Waals surface area contributed by atoms with Crippen molar-refractivity contribution in [3.8, 4) is 0 Å². The van der Waals surface area contributed by atoms with Gasteiger partial charge in [0.25, 0.3) is 5.91 Å². The van der Waals surface area contributed by atoms with E-state index in [1.165, 1.54) is 6.07 Å². The predicted molar refractivity (Wildman–Crippen MR) is 79.8 cm³/mol. The van der Waals surface area contributed by atoms with Crippen molar-refractivity contribution in [3.63, 3.8) is 0 Å². The van der Waals surface area contributed by atoms with E-state index in [-0.39, 0.29) is 11.0 Å². The number of halogens is 2. The molecular weight excluding hydrogens is 304 g/mol. The molecule has 0 unspecified atom stereocenters. The van der Waals surface area contributed by atoms with Gasteiger partial charge in [0.1, 0.15) is 0 Å². The van der Waals surface area contributed by atoms with E-state index in [1.54, 1.807) is 13.8 Å². The highest BCUT2D eigenvalue weighted by Crippen LogP contribution is 2.24. The maximum absolute atomic E-state index is 13.2. The molecule has 1 aromatic heterocycles. The van der Waals surface area contributed by atoms with Gasteiger partial charge in [0, 0.05) is 11.0 Å². The highest BCUT2D eigenvalue weighted by Gasteiger charge is 2.31. The van der Waals surface area contributed by atoms with Crippen molar-refractivity contribution in [2.75, 3.05) is 0 Å². The second-order valence-electron chi connectivity index (χ2n) is 6.88. The zero-order valence-corrected chi connectivity index (χ0v) is 13.7. The van der Waals surface area contributed by atoms with E-state index in [0.717, 1.165) is 12.1 Å². The number of aromatic nitrogens is 2. The minimum absolute atomic E-state index is 0.0107. The van der Waals surface area contributed by atoms with Crippen LogP contribution in [0.5, 0.6) is 0 Å². The molecule has 0 aliphatic carbocycles. The number of hydrogen-bond acceptors (Lipinski definition) is 4. The van der Waals surface area contributed by atoms with Crippen molar-refractivity contribution >= 4 is 5.91 Å². The zero-order chi connectivity index (χ0) is 17.4. The highest BCUT2D eigenvalue weighted by molar-refractivity contribution is 5.94. The van der Waals surface area contributed by atoms with Gasteiger partial charge in [-0.05, 0) is 32.0 Å². The number of benzene rings is 1. The lowest BCUT2D eigenvalue weighted by atomic mass is 9.96. The molecule has 0 aliphatic rings. The second-order valence-corrected chi connectivity index (χ2v) is 6.88. The molecule has 0 saturated heterocycles. The van der Waals surface area contributed by atoms with E-state index >= 15 is 0 Å². The quantitative estimate of drug-likeness (QED) is 0.941. The number of carbonyl (C=O) groups is 1. The SMILES string of the molecule is CC(C)(C)c1nc(C(C)(C)NC(=O)c2ccc(F)c(F)c2)no1. The standard InChI is InChI=1S/C16H19F2N3O2/c1-15(2,3)14-19-13(21-23-14)16(4,5)20-12(22)9-6-7-10(17)11(18)8-9/h6-8H,1-5H3,(H,20,22). The first kappa shape index (κ1) is 17.1. The minimum Gasteiger partial charge on any atom is -0.340 e. The Morgan fingerprint density at radius 2 is 1.78 bits per heavy atom. The Labute approximate surface area is 133 Å².